The SMILES string of the molecule is O=C(CCN1C(=O)c2ccccc2C1=O)Nc1ccc2nc[nH]c(=O)c2c1. The number of benzene rings is 2. The maximum Gasteiger partial charge on any atom is 0.261 e. The van der Waals surface area contributed by atoms with Gasteiger partial charge in [-0.15, -0.1) is 0 Å². The Morgan fingerprint density at radius 2 is 1.74 bits per heavy atom. The van der Waals surface area contributed by atoms with Crippen LogP contribution in [-0.4, -0.2) is 39.1 Å². The second-order valence-electron chi connectivity index (χ2n) is 6.07. The van der Waals surface area contributed by atoms with Crippen LogP contribution in [0.1, 0.15) is 27.1 Å². The fourth-order valence-electron chi connectivity index (χ4n) is 3.03. The quantitative estimate of drug-likeness (QED) is 0.684. The zero-order valence-electron chi connectivity index (χ0n) is 14.1. The Bertz CT molecular complexity index is 1120. The number of carbonyl (C=O) groups is 3. The molecule has 0 aliphatic carbocycles. The van der Waals surface area contributed by atoms with E-state index in [1.54, 1.807) is 36.4 Å². The Kier molecular flexibility index (Phi) is 4.00. The fraction of sp³-hybridized carbons (Fsp3) is 0.105. The van der Waals surface area contributed by atoms with E-state index in [4.69, 9.17) is 0 Å². The summed E-state index contributed by atoms with van der Waals surface area (Å²) in [6.07, 6.45) is 1.26. The van der Waals surface area contributed by atoms with Crippen molar-refractivity contribution in [3.8, 4) is 0 Å². The minimum atomic E-state index is -0.397. The first-order valence-electron chi connectivity index (χ1n) is 8.27. The molecule has 0 fully saturated rings. The lowest BCUT2D eigenvalue weighted by Crippen LogP contribution is -2.32. The Balaban J connectivity index is 1.44. The zero-order chi connectivity index (χ0) is 19.0. The number of rotatable bonds is 4. The van der Waals surface area contributed by atoms with Crippen molar-refractivity contribution in [1.82, 2.24) is 14.9 Å². The van der Waals surface area contributed by atoms with Crippen LogP contribution in [-0.2, 0) is 4.79 Å². The molecule has 134 valence electrons. The molecule has 1 aromatic heterocycles. The first-order chi connectivity index (χ1) is 13.0. The predicted octanol–water partition coefficient (Wildman–Crippen LogP) is 1.55. The van der Waals surface area contributed by atoms with Gasteiger partial charge in [-0.1, -0.05) is 12.1 Å². The molecular formula is C19H14N4O4. The minimum Gasteiger partial charge on any atom is -0.326 e. The minimum absolute atomic E-state index is 0.0199. The lowest BCUT2D eigenvalue weighted by molar-refractivity contribution is -0.116. The van der Waals surface area contributed by atoms with Gasteiger partial charge in [0.2, 0.25) is 5.91 Å². The van der Waals surface area contributed by atoms with Gasteiger partial charge in [0.25, 0.3) is 17.4 Å². The highest BCUT2D eigenvalue weighted by molar-refractivity contribution is 6.21. The predicted molar refractivity (Wildman–Crippen MR) is 97.4 cm³/mol. The first-order valence-corrected chi connectivity index (χ1v) is 8.27. The lowest BCUT2D eigenvalue weighted by Gasteiger charge is -2.13. The normalized spacial score (nSPS) is 13.1. The summed E-state index contributed by atoms with van der Waals surface area (Å²) in [5.74, 6) is -1.16. The van der Waals surface area contributed by atoms with Gasteiger partial charge in [0.1, 0.15) is 0 Å². The number of hydrogen-bond donors (Lipinski definition) is 2. The van der Waals surface area contributed by atoms with Crippen LogP contribution in [0.4, 0.5) is 5.69 Å². The topological polar surface area (TPSA) is 112 Å². The second-order valence-corrected chi connectivity index (χ2v) is 6.07. The number of fused-ring (bicyclic) bond motifs is 2. The van der Waals surface area contributed by atoms with Gasteiger partial charge in [-0.3, -0.25) is 24.1 Å². The average Bonchev–Trinajstić information content (AvgIpc) is 2.92. The van der Waals surface area contributed by atoms with Crippen molar-refractivity contribution in [3.63, 3.8) is 0 Å². The molecule has 1 aliphatic rings. The van der Waals surface area contributed by atoms with Gasteiger partial charge >= 0.3 is 0 Å². The number of hydrogen-bond acceptors (Lipinski definition) is 5. The van der Waals surface area contributed by atoms with Crippen LogP contribution < -0.4 is 10.9 Å². The number of aromatic amines is 1. The fourth-order valence-corrected chi connectivity index (χ4v) is 3.03. The third-order valence-corrected chi connectivity index (χ3v) is 4.36. The molecule has 27 heavy (non-hydrogen) atoms. The van der Waals surface area contributed by atoms with Crippen molar-refractivity contribution >= 4 is 34.3 Å². The monoisotopic (exact) mass is 362 g/mol. The molecule has 0 spiro atoms. The van der Waals surface area contributed by atoms with Crippen LogP contribution in [0.25, 0.3) is 10.9 Å². The summed E-state index contributed by atoms with van der Waals surface area (Å²) in [6, 6.07) is 11.4. The third kappa shape index (κ3) is 2.97. The van der Waals surface area contributed by atoms with Crippen LogP contribution in [0.5, 0.6) is 0 Å². The van der Waals surface area contributed by atoms with E-state index < -0.39 is 11.8 Å². The molecule has 2 N–H and O–H groups in total. The molecular weight excluding hydrogens is 348 g/mol. The Morgan fingerprint density at radius 3 is 2.44 bits per heavy atom. The average molecular weight is 362 g/mol. The van der Waals surface area contributed by atoms with Crippen LogP contribution in [0, 0.1) is 0 Å². The van der Waals surface area contributed by atoms with E-state index in [-0.39, 0.29) is 24.4 Å². The smallest absolute Gasteiger partial charge is 0.261 e. The molecule has 4 rings (SSSR count). The summed E-state index contributed by atoms with van der Waals surface area (Å²) < 4.78 is 0. The number of amides is 3. The van der Waals surface area contributed by atoms with E-state index in [0.29, 0.717) is 27.7 Å². The number of carbonyl (C=O) groups excluding carboxylic acids is 3. The molecule has 0 unspecified atom stereocenters. The standard InChI is InChI=1S/C19H14N4O4/c24-16(22-11-5-6-15-14(9-11)17(25)21-10-20-15)7-8-23-18(26)12-3-1-2-4-13(12)19(23)27/h1-6,9-10H,7-8H2,(H,22,24)(H,20,21,25). The number of aromatic nitrogens is 2. The van der Waals surface area contributed by atoms with Crippen molar-refractivity contribution in [3.05, 3.63) is 70.3 Å². The molecule has 2 aromatic carbocycles. The molecule has 1 aliphatic heterocycles. The van der Waals surface area contributed by atoms with Crippen LogP contribution in [0.2, 0.25) is 0 Å². The van der Waals surface area contributed by atoms with Crippen molar-refractivity contribution in [2.24, 2.45) is 0 Å². The third-order valence-electron chi connectivity index (χ3n) is 4.36. The summed E-state index contributed by atoms with van der Waals surface area (Å²) in [5, 5.41) is 3.02. The van der Waals surface area contributed by atoms with Gasteiger partial charge in [-0.25, -0.2) is 4.98 Å². The van der Waals surface area contributed by atoms with Gasteiger partial charge in [0.05, 0.1) is 28.4 Å². The molecule has 8 nitrogen and oxygen atoms in total. The van der Waals surface area contributed by atoms with E-state index >= 15 is 0 Å². The highest BCUT2D eigenvalue weighted by atomic mass is 16.2. The lowest BCUT2D eigenvalue weighted by atomic mass is 10.1. The van der Waals surface area contributed by atoms with Crippen molar-refractivity contribution in [1.29, 1.82) is 0 Å². The van der Waals surface area contributed by atoms with Gasteiger partial charge in [-0.05, 0) is 30.3 Å². The Morgan fingerprint density at radius 1 is 1.04 bits per heavy atom. The molecule has 0 saturated carbocycles. The van der Waals surface area contributed by atoms with E-state index in [9.17, 15) is 19.2 Å². The van der Waals surface area contributed by atoms with Crippen molar-refractivity contribution < 1.29 is 14.4 Å². The van der Waals surface area contributed by atoms with E-state index in [1.807, 2.05) is 0 Å². The molecule has 3 amide bonds. The molecule has 8 heteroatoms. The highest BCUT2D eigenvalue weighted by Gasteiger charge is 2.34. The number of nitrogens with one attached hydrogen (secondary N) is 2. The van der Waals surface area contributed by atoms with Gasteiger partial charge in [0, 0.05) is 18.7 Å². The summed E-state index contributed by atoms with van der Waals surface area (Å²) in [7, 11) is 0. The molecule has 2 heterocycles. The largest absolute Gasteiger partial charge is 0.326 e. The summed E-state index contributed by atoms with van der Waals surface area (Å²) in [5.41, 5.74) is 1.35. The number of anilines is 1. The van der Waals surface area contributed by atoms with Gasteiger partial charge < -0.3 is 10.3 Å². The number of imide groups is 1. The maximum atomic E-state index is 12.3. The number of nitrogens with zero attached hydrogens (tertiary/aromatic N) is 2. The molecule has 3 aromatic rings. The van der Waals surface area contributed by atoms with Crippen molar-refractivity contribution in [2.75, 3.05) is 11.9 Å². The molecule has 0 radical (unpaired) electrons. The maximum absolute atomic E-state index is 12.3. The Hall–Kier alpha value is -3.81. The summed E-state index contributed by atoms with van der Waals surface area (Å²) >= 11 is 0. The highest BCUT2D eigenvalue weighted by Crippen LogP contribution is 2.22. The first kappa shape index (κ1) is 16.6. The van der Waals surface area contributed by atoms with Crippen LogP contribution in [0.3, 0.4) is 0 Å². The van der Waals surface area contributed by atoms with E-state index in [2.05, 4.69) is 15.3 Å². The van der Waals surface area contributed by atoms with Crippen LogP contribution >= 0.6 is 0 Å². The summed E-state index contributed by atoms with van der Waals surface area (Å²) in [4.78, 5) is 56.2. The number of H-pyrrole nitrogens is 1. The van der Waals surface area contributed by atoms with Gasteiger partial charge in [-0.2, -0.15) is 0 Å². The molecule has 0 saturated heterocycles. The molecule has 0 bridgehead atoms. The van der Waals surface area contributed by atoms with E-state index in [0.717, 1.165) is 4.90 Å². The van der Waals surface area contributed by atoms with E-state index in [1.165, 1.54) is 12.4 Å². The molecule has 0 atom stereocenters. The second kappa shape index (κ2) is 6.49. The Labute approximate surface area is 152 Å². The summed E-state index contributed by atoms with van der Waals surface area (Å²) in [6.45, 7) is -0.0199. The van der Waals surface area contributed by atoms with Crippen LogP contribution in [0.15, 0.2) is 53.6 Å². The van der Waals surface area contributed by atoms with Crippen molar-refractivity contribution in [2.45, 2.75) is 6.42 Å². The zero-order valence-corrected chi connectivity index (χ0v) is 14.1. The van der Waals surface area contributed by atoms with Gasteiger partial charge in [0.15, 0.2) is 0 Å².